The molecule has 94 valence electrons. The second-order valence-corrected chi connectivity index (χ2v) is 3.91. The second kappa shape index (κ2) is 5.65. The molecule has 1 aromatic rings. The number of carbonyl (C=O) groups excluding carboxylic acids is 1. The highest BCUT2D eigenvalue weighted by atomic mass is 16.5. The van der Waals surface area contributed by atoms with Crippen LogP contribution < -0.4 is 10.6 Å². The van der Waals surface area contributed by atoms with Crippen molar-refractivity contribution in [2.75, 3.05) is 32.6 Å². The fraction of sp³-hybridized carbons (Fsp3) is 0.417. The first-order valence-electron chi connectivity index (χ1n) is 5.29. The molecule has 17 heavy (non-hydrogen) atoms. The van der Waals surface area contributed by atoms with E-state index in [4.69, 9.17) is 5.73 Å². The summed E-state index contributed by atoms with van der Waals surface area (Å²) < 4.78 is 4.64. The van der Waals surface area contributed by atoms with Gasteiger partial charge in [0.25, 0.3) is 0 Å². The fourth-order valence-corrected chi connectivity index (χ4v) is 1.60. The topological polar surface area (TPSA) is 75.8 Å². The third-order valence-corrected chi connectivity index (χ3v) is 2.51. The molecule has 1 aromatic carbocycles. The summed E-state index contributed by atoms with van der Waals surface area (Å²) in [6, 6.07) is 5.03. The number of anilines is 1. The zero-order valence-electron chi connectivity index (χ0n) is 10.3. The summed E-state index contributed by atoms with van der Waals surface area (Å²) in [5, 5.41) is 9.83. The lowest BCUT2D eigenvalue weighted by molar-refractivity contribution is 0.0600. The van der Waals surface area contributed by atoms with Crippen LogP contribution in [-0.4, -0.2) is 38.8 Å². The van der Waals surface area contributed by atoms with Gasteiger partial charge in [-0.1, -0.05) is 0 Å². The zero-order valence-corrected chi connectivity index (χ0v) is 10.3. The minimum atomic E-state index is -0.794. The van der Waals surface area contributed by atoms with Gasteiger partial charge in [0.1, 0.15) is 0 Å². The highest BCUT2D eigenvalue weighted by molar-refractivity contribution is 5.90. The molecule has 0 aromatic heterocycles. The van der Waals surface area contributed by atoms with Gasteiger partial charge in [0.05, 0.1) is 18.8 Å². The average Bonchev–Trinajstić information content (AvgIpc) is 2.35. The Kier molecular flexibility index (Phi) is 4.48. The van der Waals surface area contributed by atoms with Crippen LogP contribution in [0.4, 0.5) is 5.69 Å². The van der Waals surface area contributed by atoms with Crippen LogP contribution >= 0.6 is 0 Å². The predicted molar refractivity (Wildman–Crippen MR) is 66.1 cm³/mol. The molecule has 0 saturated carbocycles. The van der Waals surface area contributed by atoms with Crippen molar-refractivity contribution >= 4 is 11.7 Å². The van der Waals surface area contributed by atoms with E-state index in [2.05, 4.69) is 4.74 Å². The number of nitrogens with zero attached hydrogens (tertiary/aromatic N) is 1. The number of nitrogens with two attached hydrogens (primary N) is 1. The van der Waals surface area contributed by atoms with Gasteiger partial charge < -0.3 is 20.5 Å². The van der Waals surface area contributed by atoms with Crippen molar-refractivity contribution < 1.29 is 14.6 Å². The van der Waals surface area contributed by atoms with Crippen molar-refractivity contribution in [3.8, 4) is 0 Å². The van der Waals surface area contributed by atoms with Crippen LogP contribution in [-0.2, 0) is 4.74 Å². The van der Waals surface area contributed by atoms with Crippen LogP contribution in [0.1, 0.15) is 22.0 Å². The molecule has 0 amide bonds. The number of esters is 1. The van der Waals surface area contributed by atoms with Crippen LogP contribution in [0.25, 0.3) is 0 Å². The van der Waals surface area contributed by atoms with E-state index in [1.54, 1.807) is 18.2 Å². The van der Waals surface area contributed by atoms with E-state index in [0.717, 1.165) is 5.69 Å². The number of benzene rings is 1. The zero-order chi connectivity index (χ0) is 13.0. The number of aliphatic hydroxyl groups is 1. The summed E-state index contributed by atoms with van der Waals surface area (Å²) in [7, 11) is 5.04. The normalized spacial score (nSPS) is 12.1. The van der Waals surface area contributed by atoms with E-state index < -0.39 is 12.1 Å². The van der Waals surface area contributed by atoms with E-state index >= 15 is 0 Å². The Morgan fingerprint density at radius 3 is 2.65 bits per heavy atom. The molecule has 0 spiro atoms. The van der Waals surface area contributed by atoms with Gasteiger partial charge in [-0.3, -0.25) is 0 Å². The maximum absolute atomic E-state index is 11.4. The number of carbonyl (C=O) groups is 1. The van der Waals surface area contributed by atoms with Crippen LogP contribution in [0.3, 0.4) is 0 Å². The second-order valence-electron chi connectivity index (χ2n) is 3.91. The van der Waals surface area contributed by atoms with E-state index in [1.807, 2.05) is 19.0 Å². The van der Waals surface area contributed by atoms with E-state index in [0.29, 0.717) is 11.1 Å². The van der Waals surface area contributed by atoms with Gasteiger partial charge in [0, 0.05) is 31.9 Å². The van der Waals surface area contributed by atoms with Gasteiger partial charge in [0.2, 0.25) is 0 Å². The molecule has 5 heteroatoms. The lowest BCUT2D eigenvalue weighted by Crippen LogP contribution is -2.18. The lowest BCUT2D eigenvalue weighted by Gasteiger charge is -2.20. The van der Waals surface area contributed by atoms with Gasteiger partial charge in [-0.05, 0) is 18.2 Å². The molecular weight excluding hydrogens is 220 g/mol. The number of hydrogen-bond acceptors (Lipinski definition) is 5. The first-order valence-corrected chi connectivity index (χ1v) is 5.29. The number of hydrogen-bond donors (Lipinski definition) is 2. The Morgan fingerprint density at radius 1 is 1.53 bits per heavy atom. The molecule has 0 aliphatic rings. The van der Waals surface area contributed by atoms with Crippen molar-refractivity contribution in [1.82, 2.24) is 0 Å². The highest BCUT2D eigenvalue weighted by Crippen LogP contribution is 2.26. The maximum atomic E-state index is 11.4. The molecule has 0 unspecified atom stereocenters. The summed E-state index contributed by atoms with van der Waals surface area (Å²) in [5.41, 5.74) is 7.31. The molecule has 0 aliphatic heterocycles. The van der Waals surface area contributed by atoms with Gasteiger partial charge in [-0.25, -0.2) is 4.79 Å². The average molecular weight is 238 g/mol. The monoisotopic (exact) mass is 238 g/mol. The molecule has 1 atom stereocenters. The number of aliphatic hydroxyl groups excluding tert-OH is 1. The Hall–Kier alpha value is -1.59. The lowest BCUT2D eigenvalue weighted by atomic mass is 10.0. The molecule has 5 nitrogen and oxygen atoms in total. The van der Waals surface area contributed by atoms with Crippen LogP contribution in [0, 0.1) is 0 Å². The molecule has 0 aliphatic carbocycles. The Bertz CT molecular complexity index is 405. The molecule has 0 bridgehead atoms. The molecule has 1 rings (SSSR count). The van der Waals surface area contributed by atoms with E-state index in [1.165, 1.54) is 7.11 Å². The third kappa shape index (κ3) is 2.95. The van der Waals surface area contributed by atoms with Crippen LogP contribution in [0.5, 0.6) is 0 Å². The van der Waals surface area contributed by atoms with Gasteiger partial charge in [-0.2, -0.15) is 0 Å². The number of rotatable bonds is 4. The van der Waals surface area contributed by atoms with Gasteiger partial charge >= 0.3 is 5.97 Å². The third-order valence-electron chi connectivity index (χ3n) is 2.51. The van der Waals surface area contributed by atoms with Crippen molar-refractivity contribution in [3.05, 3.63) is 29.3 Å². The van der Waals surface area contributed by atoms with Gasteiger partial charge in [0.15, 0.2) is 0 Å². The first kappa shape index (κ1) is 13.5. The van der Waals surface area contributed by atoms with Crippen LogP contribution in [0.15, 0.2) is 18.2 Å². The molecule has 0 radical (unpaired) electrons. The Labute approximate surface area is 101 Å². The molecule has 0 heterocycles. The minimum Gasteiger partial charge on any atom is -0.465 e. The minimum absolute atomic E-state index is 0.103. The number of methoxy groups -OCH3 is 1. The fourth-order valence-electron chi connectivity index (χ4n) is 1.60. The Morgan fingerprint density at radius 2 is 2.18 bits per heavy atom. The standard InChI is InChI=1S/C12H18N2O3/c1-14(2)10-5-4-8(12(16)17-3)6-9(10)11(15)7-13/h4-6,11,15H,7,13H2,1-3H3/t11-/m0/s1. The van der Waals surface area contributed by atoms with Crippen LogP contribution in [0.2, 0.25) is 0 Å². The summed E-state index contributed by atoms with van der Waals surface area (Å²) in [6.07, 6.45) is -0.794. The van der Waals surface area contributed by atoms with Gasteiger partial charge in [-0.15, -0.1) is 0 Å². The first-order chi connectivity index (χ1) is 8.01. The summed E-state index contributed by atoms with van der Waals surface area (Å²) in [6.45, 7) is 0.103. The highest BCUT2D eigenvalue weighted by Gasteiger charge is 2.16. The summed E-state index contributed by atoms with van der Waals surface area (Å²) in [5.74, 6) is -0.430. The summed E-state index contributed by atoms with van der Waals surface area (Å²) in [4.78, 5) is 13.3. The SMILES string of the molecule is COC(=O)c1ccc(N(C)C)c([C@@H](O)CN)c1. The largest absolute Gasteiger partial charge is 0.465 e. The summed E-state index contributed by atoms with van der Waals surface area (Å²) >= 11 is 0. The van der Waals surface area contributed by atoms with Crippen molar-refractivity contribution in [1.29, 1.82) is 0 Å². The Balaban J connectivity index is 3.23. The van der Waals surface area contributed by atoms with E-state index in [9.17, 15) is 9.90 Å². The van der Waals surface area contributed by atoms with E-state index in [-0.39, 0.29) is 6.54 Å². The molecular formula is C12H18N2O3. The maximum Gasteiger partial charge on any atom is 0.337 e. The van der Waals surface area contributed by atoms with Crippen molar-refractivity contribution in [3.63, 3.8) is 0 Å². The molecule has 0 fully saturated rings. The molecule has 0 saturated heterocycles. The quantitative estimate of drug-likeness (QED) is 0.748. The molecule has 3 N–H and O–H groups in total. The van der Waals surface area contributed by atoms with Crippen molar-refractivity contribution in [2.45, 2.75) is 6.10 Å². The predicted octanol–water partition coefficient (Wildman–Crippen LogP) is 0.531. The smallest absolute Gasteiger partial charge is 0.337 e. The van der Waals surface area contributed by atoms with Crippen molar-refractivity contribution in [2.24, 2.45) is 5.73 Å². The number of ether oxygens (including phenoxy) is 1.